The average molecular weight is 197 g/mol. The van der Waals surface area contributed by atoms with Gasteiger partial charge in [0.1, 0.15) is 11.5 Å². The van der Waals surface area contributed by atoms with Crippen molar-refractivity contribution in [3.05, 3.63) is 35.4 Å². The summed E-state index contributed by atoms with van der Waals surface area (Å²) in [5.41, 5.74) is 2.69. The zero-order valence-electron chi connectivity index (χ0n) is 8.29. The molecule has 1 rings (SSSR count). The van der Waals surface area contributed by atoms with Gasteiger partial charge < -0.3 is 5.11 Å². The maximum absolute atomic E-state index is 8.77. The van der Waals surface area contributed by atoms with E-state index in [1.807, 2.05) is 0 Å². The Morgan fingerprint density at radius 3 is 2.38 bits per heavy atom. The molecular formula is C11H17OS+. The molecule has 0 fully saturated rings. The first kappa shape index (κ1) is 10.6. The van der Waals surface area contributed by atoms with Crippen LogP contribution in [0.4, 0.5) is 0 Å². The van der Waals surface area contributed by atoms with Crippen molar-refractivity contribution in [2.45, 2.75) is 12.7 Å². The molecule has 0 saturated heterocycles. The molecule has 1 aromatic carbocycles. The van der Waals surface area contributed by atoms with E-state index in [0.717, 1.165) is 11.5 Å². The van der Waals surface area contributed by atoms with Crippen LogP contribution in [-0.4, -0.2) is 23.7 Å². The molecule has 0 aromatic heterocycles. The van der Waals surface area contributed by atoms with Crippen LogP contribution in [0, 0.1) is 6.92 Å². The van der Waals surface area contributed by atoms with Crippen molar-refractivity contribution >= 4 is 10.9 Å². The monoisotopic (exact) mass is 197 g/mol. The second kappa shape index (κ2) is 5.30. The van der Waals surface area contributed by atoms with Crippen LogP contribution in [0.3, 0.4) is 0 Å². The zero-order chi connectivity index (χ0) is 9.68. The first-order valence-electron chi connectivity index (χ1n) is 4.48. The second-order valence-electron chi connectivity index (χ2n) is 3.34. The highest BCUT2D eigenvalue weighted by Gasteiger charge is 2.10. The maximum atomic E-state index is 8.77. The van der Waals surface area contributed by atoms with E-state index in [1.165, 1.54) is 11.1 Å². The lowest BCUT2D eigenvalue weighted by Crippen LogP contribution is -2.10. The van der Waals surface area contributed by atoms with Gasteiger partial charge in [0.05, 0.1) is 12.9 Å². The summed E-state index contributed by atoms with van der Waals surface area (Å²) in [5, 5.41) is 8.77. The fourth-order valence-electron chi connectivity index (χ4n) is 1.20. The van der Waals surface area contributed by atoms with E-state index in [-0.39, 0.29) is 0 Å². The largest absolute Gasteiger partial charge is 0.391 e. The Morgan fingerprint density at radius 2 is 1.85 bits per heavy atom. The molecule has 1 atom stereocenters. The van der Waals surface area contributed by atoms with E-state index in [9.17, 15) is 0 Å². The van der Waals surface area contributed by atoms with E-state index in [1.54, 1.807) is 0 Å². The van der Waals surface area contributed by atoms with Gasteiger partial charge in [0, 0.05) is 5.56 Å². The summed E-state index contributed by atoms with van der Waals surface area (Å²) in [7, 11) is 0.322. The fraction of sp³-hybridized carbons (Fsp3) is 0.455. The molecule has 2 heteroatoms. The van der Waals surface area contributed by atoms with Crippen LogP contribution in [0.25, 0.3) is 0 Å². The summed E-state index contributed by atoms with van der Waals surface area (Å²) in [4.78, 5) is 0. The van der Waals surface area contributed by atoms with Gasteiger partial charge in [-0.1, -0.05) is 29.8 Å². The molecule has 1 aromatic rings. The Morgan fingerprint density at radius 1 is 1.23 bits per heavy atom. The van der Waals surface area contributed by atoms with E-state index in [2.05, 4.69) is 37.4 Å². The summed E-state index contributed by atoms with van der Waals surface area (Å²) in [6.45, 7) is 2.41. The predicted octanol–water partition coefficient (Wildman–Crippen LogP) is 1.74. The van der Waals surface area contributed by atoms with E-state index >= 15 is 0 Å². The number of hydrogen-bond acceptors (Lipinski definition) is 1. The number of benzene rings is 1. The minimum Gasteiger partial charge on any atom is -0.391 e. The lowest BCUT2D eigenvalue weighted by Gasteiger charge is -2.02. The molecule has 0 amide bonds. The molecule has 0 bridgehead atoms. The zero-order valence-corrected chi connectivity index (χ0v) is 9.10. The van der Waals surface area contributed by atoms with Crippen molar-refractivity contribution in [2.75, 3.05) is 18.6 Å². The quantitative estimate of drug-likeness (QED) is 0.729. The number of hydrogen-bond donors (Lipinski definition) is 1. The van der Waals surface area contributed by atoms with Crippen molar-refractivity contribution < 1.29 is 5.11 Å². The van der Waals surface area contributed by atoms with E-state index < -0.39 is 0 Å². The highest BCUT2D eigenvalue weighted by Crippen LogP contribution is 2.08. The van der Waals surface area contributed by atoms with Crippen LogP contribution in [0.15, 0.2) is 24.3 Å². The van der Waals surface area contributed by atoms with Gasteiger partial charge in [-0.2, -0.15) is 0 Å². The number of aliphatic hydroxyl groups excluding tert-OH is 1. The van der Waals surface area contributed by atoms with Crippen molar-refractivity contribution in [3.63, 3.8) is 0 Å². The standard InChI is InChI=1S/C11H17OS/c1-10-3-5-11(6-4-10)9-13(2)8-7-12/h3-6,12H,7-9H2,1-2H3/q+1. The molecule has 1 unspecified atom stereocenters. The Labute approximate surface area is 83.1 Å². The highest BCUT2D eigenvalue weighted by molar-refractivity contribution is 7.95. The molecule has 0 spiro atoms. The minimum absolute atomic E-state index is 0.311. The third-order valence-corrected chi connectivity index (χ3v) is 3.68. The van der Waals surface area contributed by atoms with Crippen LogP contribution < -0.4 is 0 Å². The molecule has 72 valence electrons. The number of rotatable bonds is 4. The number of aryl methyl sites for hydroxylation is 1. The van der Waals surface area contributed by atoms with Crippen LogP contribution >= 0.6 is 0 Å². The highest BCUT2D eigenvalue weighted by atomic mass is 32.2. The molecular weight excluding hydrogens is 180 g/mol. The first-order chi connectivity index (χ1) is 6.22. The summed E-state index contributed by atoms with van der Waals surface area (Å²) < 4.78 is 0. The van der Waals surface area contributed by atoms with Gasteiger partial charge in [-0.05, 0) is 17.8 Å². The van der Waals surface area contributed by atoms with Crippen molar-refractivity contribution in [1.29, 1.82) is 0 Å². The lowest BCUT2D eigenvalue weighted by molar-refractivity contribution is 0.322. The SMILES string of the molecule is Cc1ccc(C[S+](C)CCO)cc1. The molecule has 0 heterocycles. The Balaban J connectivity index is 2.49. The van der Waals surface area contributed by atoms with Crippen molar-refractivity contribution in [2.24, 2.45) is 0 Å². The van der Waals surface area contributed by atoms with Crippen LogP contribution in [-0.2, 0) is 16.6 Å². The molecule has 0 aliphatic heterocycles. The third-order valence-electron chi connectivity index (χ3n) is 1.97. The second-order valence-corrected chi connectivity index (χ2v) is 5.60. The molecule has 0 radical (unpaired) electrons. The lowest BCUT2D eigenvalue weighted by atomic mass is 10.2. The van der Waals surface area contributed by atoms with Gasteiger partial charge in [0.25, 0.3) is 0 Å². The third kappa shape index (κ3) is 3.83. The molecule has 0 aliphatic carbocycles. The molecule has 0 aliphatic rings. The Bertz CT molecular complexity index is 243. The molecule has 1 nitrogen and oxygen atoms in total. The molecule has 0 saturated carbocycles. The smallest absolute Gasteiger partial charge is 0.133 e. The van der Waals surface area contributed by atoms with Gasteiger partial charge in [0.2, 0.25) is 0 Å². The maximum Gasteiger partial charge on any atom is 0.133 e. The molecule has 1 N–H and O–H groups in total. The normalized spacial score (nSPS) is 12.8. The Kier molecular flexibility index (Phi) is 4.33. The number of aliphatic hydroxyl groups is 1. The van der Waals surface area contributed by atoms with E-state index in [4.69, 9.17) is 5.11 Å². The minimum atomic E-state index is 0.311. The van der Waals surface area contributed by atoms with Gasteiger partial charge in [-0.15, -0.1) is 0 Å². The van der Waals surface area contributed by atoms with Gasteiger partial charge in [-0.3, -0.25) is 0 Å². The van der Waals surface area contributed by atoms with Gasteiger partial charge in [0.15, 0.2) is 0 Å². The average Bonchev–Trinajstić information content (AvgIpc) is 2.09. The fourth-order valence-corrected chi connectivity index (χ4v) is 2.41. The van der Waals surface area contributed by atoms with Crippen molar-refractivity contribution in [1.82, 2.24) is 0 Å². The van der Waals surface area contributed by atoms with Crippen LogP contribution in [0.1, 0.15) is 11.1 Å². The summed E-state index contributed by atoms with van der Waals surface area (Å²) in [6, 6.07) is 8.64. The van der Waals surface area contributed by atoms with Crippen molar-refractivity contribution in [3.8, 4) is 0 Å². The van der Waals surface area contributed by atoms with Crippen LogP contribution in [0.2, 0.25) is 0 Å². The van der Waals surface area contributed by atoms with E-state index in [0.29, 0.717) is 17.5 Å². The first-order valence-corrected chi connectivity index (χ1v) is 6.45. The van der Waals surface area contributed by atoms with Gasteiger partial charge in [-0.25, -0.2) is 0 Å². The Hall–Kier alpha value is -0.470. The summed E-state index contributed by atoms with van der Waals surface area (Å²) in [5.74, 6) is 2.02. The molecule has 13 heavy (non-hydrogen) atoms. The topological polar surface area (TPSA) is 20.2 Å². The summed E-state index contributed by atoms with van der Waals surface area (Å²) >= 11 is 0. The van der Waals surface area contributed by atoms with Gasteiger partial charge >= 0.3 is 0 Å². The van der Waals surface area contributed by atoms with Crippen LogP contribution in [0.5, 0.6) is 0 Å². The summed E-state index contributed by atoms with van der Waals surface area (Å²) in [6.07, 6.45) is 2.20. The predicted molar refractivity (Wildman–Crippen MR) is 60.1 cm³/mol.